The van der Waals surface area contributed by atoms with Crippen LogP contribution in [0.5, 0.6) is 0 Å². The van der Waals surface area contributed by atoms with Crippen LogP contribution in [0.4, 0.5) is 11.4 Å². The predicted octanol–water partition coefficient (Wildman–Crippen LogP) is 2.62. The molecule has 1 heterocycles. The van der Waals surface area contributed by atoms with Crippen molar-refractivity contribution in [3.05, 3.63) is 69.8 Å². The van der Waals surface area contributed by atoms with Crippen LogP contribution in [0.2, 0.25) is 0 Å². The van der Waals surface area contributed by atoms with Crippen molar-refractivity contribution in [2.75, 3.05) is 31.1 Å². The Hall–Kier alpha value is -2.40. The van der Waals surface area contributed by atoms with Gasteiger partial charge in [0.2, 0.25) is 0 Å². The summed E-state index contributed by atoms with van der Waals surface area (Å²) in [5.74, 6) is 0.562. The molecule has 0 atom stereocenters. The highest BCUT2D eigenvalue weighted by molar-refractivity contribution is 5.63. The fourth-order valence-electron chi connectivity index (χ4n) is 3.44. The molecule has 0 aromatic heterocycles. The van der Waals surface area contributed by atoms with Crippen molar-refractivity contribution in [3.8, 4) is 0 Å². The van der Waals surface area contributed by atoms with Gasteiger partial charge in [-0.2, -0.15) is 0 Å². The van der Waals surface area contributed by atoms with Crippen LogP contribution >= 0.6 is 0 Å². The van der Waals surface area contributed by atoms with E-state index in [0.717, 1.165) is 38.4 Å². The molecule has 0 bridgehead atoms. The molecule has 5 nitrogen and oxygen atoms in total. The highest BCUT2D eigenvalue weighted by Gasteiger charge is 2.25. The molecule has 2 aromatic rings. The Morgan fingerprint density at radius 2 is 1.72 bits per heavy atom. The second-order valence-corrected chi connectivity index (χ2v) is 7.06. The molecule has 0 spiro atoms. The minimum absolute atomic E-state index is 0.204. The number of piperazine rings is 1. The van der Waals surface area contributed by atoms with Crippen molar-refractivity contribution < 1.29 is 9.82 Å². The van der Waals surface area contributed by atoms with E-state index in [2.05, 4.69) is 43.0 Å². The van der Waals surface area contributed by atoms with Gasteiger partial charge in [0.25, 0.3) is 5.69 Å². The summed E-state index contributed by atoms with van der Waals surface area (Å²) in [6, 6.07) is 16.0. The summed E-state index contributed by atoms with van der Waals surface area (Å²) in [7, 11) is 0. The summed E-state index contributed by atoms with van der Waals surface area (Å²) in [5, 5.41) is 11.2. The Morgan fingerprint density at radius 3 is 2.32 bits per heavy atom. The summed E-state index contributed by atoms with van der Waals surface area (Å²) < 4.78 is 0. The van der Waals surface area contributed by atoms with Crippen molar-refractivity contribution >= 4 is 11.4 Å². The second-order valence-electron chi connectivity index (χ2n) is 7.06. The maximum absolute atomic E-state index is 11.2. The van der Waals surface area contributed by atoms with Crippen LogP contribution in [-0.2, 0) is 6.54 Å². The number of benzene rings is 2. The first-order chi connectivity index (χ1) is 12.0. The molecular weight excluding hydrogens is 314 g/mol. The number of para-hydroxylation sites is 2. The van der Waals surface area contributed by atoms with Crippen molar-refractivity contribution in [1.29, 1.82) is 0 Å². The molecule has 0 unspecified atom stereocenters. The van der Waals surface area contributed by atoms with Gasteiger partial charge in [-0.3, -0.25) is 10.1 Å². The average Bonchev–Trinajstić information content (AvgIpc) is 2.63. The molecule has 1 N–H and O–H groups in total. The maximum Gasteiger partial charge on any atom is 0.292 e. The van der Waals surface area contributed by atoms with Crippen LogP contribution in [0.25, 0.3) is 0 Å². The number of anilines is 1. The lowest BCUT2D eigenvalue weighted by atomic mass is 10.0. The summed E-state index contributed by atoms with van der Waals surface area (Å²) in [6.07, 6.45) is 0. The smallest absolute Gasteiger partial charge is 0.292 e. The SMILES string of the molecule is CC(C)c1ccc(C[NH+]2CCN(c3ccccc3[N+](=O)[O-])CC2)cc1. The number of nitro groups is 1. The molecule has 0 aliphatic carbocycles. The van der Waals surface area contributed by atoms with Crippen molar-refractivity contribution in [2.24, 2.45) is 0 Å². The van der Waals surface area contributed by atoms with Gasteiger partial charge in [-0.1, -0.05) is 50.2 Å². The number of hydrogen-bond acceptors (Lipinski definition) is 3. The van der Waals surface area contributed by atoms with Crippen molar-refractivity contribution in [1.82, 2.24) is 0 Å². The fraction of sp³-hybridized carbons (Fsp3) is 0.400. The first-order valence-electron chi connectivity index (χ1n) is 8.95. The number of rotatable bonds is 5. The molecule has 0 radical (unpaired) electrons. The molecule has 1 fully saturated rings. The zero-order chi connectivity index (χ0) is 17.8. The third-order valence-electron chi connectivity index (χ3n) is 4.99. The zero-order valence-corrected chi connectivity index (χ0v) is 14.9. The lowest BCUT2D eigenvalue weighted by molar-refractivity contribution is -0.914. The average molecular weight is 340 g/mol. The van der Waals surface area contributed by atoms with E-state index in [1.54, 1.807) is 12.1 Å². The van der Waals surface area contributed by atoms with E-state index < -0.39 is 0 Å². The molecule has 5 heteroatoms. The van der Waals surface area contributed by atoms with Gasteiger partial charge in [-0.25, -0.2) is 0 Å². The van der Waals surface area contributed by atoms with Gasteiger partial charge in [0, 0.05) is 11.6 Å². The van der Waals surface area contributed by atoms with E-state index in [1.807, 2.05) is 12.1 Å². The lowest BCUT2D eigenvalue weighted by Crippen LogP contribution is -3.13. The zero-order valence-electron chi connectivity index (χ0n) is 14.9. The van der Waals surface area contributed by atoms with Gasteiger partial charge in [0.1, 0.15) is 12.2 Å². The number of hydrogen-bond donors (Lipinski definition) is 1. The Kier molecular flexibility index (Phi) is 5.34. The van der Waals surface area contributed by atoms with Gasteiger partial charge in [-0.05, 0) is 17.5 Å². The van der Waals surface area contributed by atoms with Gasteiger partial charge in [0.15, 0.2) is 0 Å². The van der Waals surface area contributed by atoms with Gasteiger partial charge in [-0.15, -0.1) is 0 Å². The Labute approximate surface area is 149 Å². The first-order valence-corrected chi connectivity index (χ1v) is 8.95. The van der Waals surface area contributed by atoms with E-state index in [1.165, 1.54) is 16.0 Å². The van der Waals surface area contributed by atoms with Crippen LogP contribution in [0.3, 0.4) is 0 Å². The minimum atomic E-state index is -0.287. The maximum atomic E-state index is 11.2. The number of nitrogens with one attached hydrogen (secondary N) is 1. The van der Waals surface area contributed by atoms with Crippen LogP contribution in [0.15, 0.2) is 48.5 Å². The summed E-state index contributed by atoms with van der Waals surface area (Å²) in [5.41, 5.74) is 3.68. The third-order valence-corrected chi connectivity index (χ3v) is 4.99. The summed E-state index contributed by atoms with van der Waals surface area (Å²) >= 11 is 0. The van der Waals surface area contributed by atoms with E-state index in [-0.39, 0.29) is 10.6 Å². The Morgan fingerprint density at radius 1 is 1.08 bits per heavy atom. The first kappa shape index (κ1) is 17.4. The molecule has 0 amide bonds. The number of nitrogens with zero attached hydrogens (tertiary/aromatic N) is 2. The topological polar surface area (TPSA) is 50.8 Å². The van der Waals surface area contributed by atoms with Gasteiger partial charge < -0.3 is 9.80 Å². The van der Waals surface area contributed by atoms with Gasteiger partial charge in [0.05, 0.1) is 31.1 Å². The molecule has 132 valence electrons. The molecule has 25 heavy (non-hydrogen) atoms. The number of quaternary nitrogens is 1. The quantitative estimate of drug-likeness (QED) is 0.672. The number of nitro benzene ring substituents is 1. The van der Waals surface area contributed by atoms with E-state index >= 15 is 0 Å². The molecule has 2 aromatic carbocycles. The molecule has 0 saturated carbocycles. The molecule has 1 aliphatic heterocycles. The molecule has 3 rings (SSSR count). The normalized spacial score (nSPS) is 15.6. The summed E-state index contributed by atoms with van der Waals surface area (Å²) in [4.78, 5) is 14.6. The standard InChI is InChI=1S/C20H25N3O2/c1-16(2)18-9-7-17(8-10-18)15-21-11-13-22(14-12-21)19-5-3-4-6-20(19)23(24)25/h3-10,16H,11-15H2,1-2H3/p+1. The molecule has 1 saturated heterocycles. The largest absolute Gasteiger partial charge is 0.355 e. The van der Waals surface area contributed by atoms with Gasteiger partial charge >= 0.3 is 0 Å². The monoisotopic (exact) mass is 340 g/mol. The second kappa shape index (κ2) is 7.66. The predicted molar refractivity (Wildman–Crippen MR) is 100 cm³/mol. The third kappa shape index (κ3) is 4.17. The van der Waals surface area contributed by atoms with Crippen LogP contribution < -0.4 is 9.80 Å². The van der Waals surface area contributed by atoms with E-state index in [4.69, 9.17) is 0 Å². The summed E-state index contributed by atoms with van der Waals surface area (Å²) in [6.45, 7) is 9.14. The van der Waals surface area contributed by atoms with E-state index in [9.17, 15) is 10.1 Å². The molecule has 1 aliphatic rings. The highest BCUT2D eigenvalue weighted by Crippen LogP contribution is 2.27. The van der Waals surface area contributed by atoms with Crippen molar-refractivity contribution in [2.45, 2.75) is 26.3 Å². The lowest BCUT2D eigenvalue weighted by Gasteiger charge is -2.33. The van der Waals surface area contributed by atoms with Crippen LogP contribution in [0, 0.1) is 10.1 Å². The highest BCUT2D eigenvalue weighted by atomic mass is 16.6. The molecular formula is C20H26N3O2+. The Bertz CT molecular complexity index is 720. The van der Waals surface area contributed by atoms with Crippen molar-refractivity contribution in [3.63, 3.8) is 0 Å². The fourth-order valence-corrected chi connectivity index (χ4v) is 3.44. The Balaban J connectivity index is 1.60. The van der Waals surface area contributed by atoms with E-state index in [0.29, 0.717) is 5.92 Å². The van der Waals surface area contributed by atoms with Crippen LogP contribution in [-0.4, -0.2) is 31.1 Å². The van der Waals surface area contributed by atoms with Crippen LogP contribution in [0.1, 0.15) is 30.9 Å². The minimum Gasteiger partial charge on any atom is -0.355 e.